The van der Waals surface area contributed by atoms with E-state index in [1.165, 1.54) is 0 Å². The zero-order chi connectivity index (χ0) is 14.4. The van der Waals surface area contributed by atoms with Crippen molar-refractivity contribution in [1.29, 1.82) is 0 Å². The van der Waals surface area contributed by atoms with Gasteiger partial charge in [0.1, 0.15) is 5.75 Å². The average Bonchev–Trinajstić information content (AvgIpc) is 2.95. The maximum atomic E-state index is 12.1. The molecular formula is C15H19N3O2. The molecule has 0 aliphatic carbocycles. The van der Waals surface area contributed by atoms with E-state index in [0.29, 0.717) is 24.5 Å². The molecule has 5 nitrogen and oxygen atoms in total. The first-order chi connectivity index (χ1) is 9.70. The molecule has 20 heavy (non-hydrogen) atoms. The number of carbonyl (C=O) groups is 1. The third kappa shape index (κ3) is 3.60. The number of hydrogen-bond acceptors (Lipinski definition) is 3. The van der Waals surface area contributed by atoms with Crippen LogP contribution in [-0.4, -0.2) is 22.3 Å². The maximum absolute atomic E-state index is 12.1. The van der Waals surface area contributed by atoms with Gasteiger partial charge in [-0.15, -0.1) is 0 Å². The minimum atomic E-state index is -0.0554. The molecule has 5 heteroatoms. The molecule has 2 aromatic rings. The van der Waals surface area contributed by atoms with E-state index in [9.17, 15) is 4.79 Å². The van der Waals surface area contributed by atoms with Gasteiger partial charge < -0.3 is 10.1 Å². The molecule has 1 N–H and O–H groups in total. The number of benzene rings is 1. The quantitative estimate of drug-likeness (QED) is 0.880. The van der Waals surface area contributed by atoms with Crippen LogP contribution in [0.15, 0.2) is 42.7 Å². The van der Waals surface area contributed by atoms with Crippen LogP contribution in [0.2, 0.25) is 0 Å². The van der Waals surface area contributed by atoms with E-state index in [4.69, 9.17) is 4.74 Å². The fraction of sp³-hybridized carbons (Fsp3) is 0.333. The highest BCUT2D eigenvalue weighted by molar-refractivity contribution is 5.92. The highest BCUT2D eigenvalue weighted by Gasteiger charge is 2.12. The number of ether oxygens (including phenoxy) is 1. The number of amides is 1. The maximum Gasteiger partial charge on any atom is 0.226 e. The minimum absolute atomic E-state index is 0.0178. The zero-order valence-corrected chi connectivity index (χ0v) is 11.7. The summed E-state index contributed by atoms with van der Waals surface area (Å²) in [6.45, 7) is 4.44. The van der Waals surface area contributed by atoms with Crippen molar-refractivity contribution in [2.24, 2.45) is 0 Å². The molecule has 1 atom stereocenters. The predicted octanol–water partition coefficient (Wildman–Crippen LogP) is 2.87. The van der Waals surface area contributed by atoms with Crippen LogP contribution in [0.4, 0.5) is 5.69 Å². The molecule has 106 valence electrons. The lowest BCUT2D eigenvalue weighted by molar-refractivity contribution is -0.116. The van der Waals surface area contributed by atoms with E-state index in [-0.39, 0.29) is 11.9 Å². The lowest BCUT2D eigenvalue weighted by Gasteiger charge is -2.14. The molecule has 0 unspecified atom stereocenters. The molecule has 2 rings (SSSR count). The summed E-state index contributed by atoms with van der Waals surface area (Å²) in [5, 5.41) is 7.02. The van der Waals surface area contributed by atoms with Gasteiger partial charge in [0.25, 0.3) is 0 Å². The zero-order valence-electron chi connectivity index (χ0n) is 11.7. The van der Waals surface area contributed by atoms with Crippen LogP contribution in [0.3, 0.4) is 0 Å². The van der Waals surface area contributed by atoms with Crippen molar-refractivity contribution in [1.82, 2.24) is 9.78 Å². The summed E-state index contributed by atoms with van der Waals surface area (Å²) in [5.41, 5.74) is 0.701. The summed E-state index contributed by atoms with van der Waals surface area (Å²) < 4.78 is 7.25. The Morgan fingerprint density at radius 1 is 1.40 bits per heavy atom. The van der Waals surface area contributed by atoms with Gasteiger partial charge in [0, 0.05) is 18.8 Å². The van der Waals surface area contributed by atoms with Crippen molar-refractivity contribution in [3.8, 4) is 5.75 Å². The molecule has 1 heterocycles. The van der Waals surface area contributed by atoms with Gasteiger partial charge in [-0.2, -0.15) is 5.10 Å². The van der Waals surface area contributed by atoms with Crippen molar-refractivity contribution in [3.05, 3.63) is 42.7 Å². The highest BCUT2D eigenvalue weighted by atomic mass is 16.5. The Balaban J connectivity index is 1.98. The molecular weight excluding hydrogens is 254 g/mol. The Bertz CT molecular complexity index is 552. The van der Waals surface area contributed by atoms with Crippen LogP contribution in [-0.2, 0) is 4.79 Å². The fourth-order valence-electron chi connectivity index (χ4n) is 1.96. The molecule has 1 amide bonds. The molecule has 0 aliphatic heterocycles. The summed E-state index contributed by atoms with van der Waals surface area (Å²) in [6.07, 6.45) is 3.92. The molecule has 1 aromatic carbocycles. The lowest BCUT2D eigenvalue weighted by Crippen LogP contribution is -2.18. The molecule has 0 bridgehead atoms. The Morgan fingerprint density at radius 3 is 2.90 bits per heavy atom. The lowest BCUT2D eigenvalue weighted by atomic mass is 10.2. The van der Waals surface area contributed by atoms with Crippen LogP contribution in [0.25, 0.3) is 0 Å². The van der Waals surface area contributed by atoms with Gasteiger partial charge in [0.15, 0.2) is 0 Å². The van der Waals surface area contributed by atoms with E-state index in [1.807, 2.05) is 50.4 Å². The number of rotatable bonds is 6. The summed E-state index contributed by atoms with van der Waals surface area (Å²) in [7, 11) is 0. The van der Waals surface area contributed by atoms with Crippen molar-refractivity contribution in [2.45, 2.75) is 26.3 Å². The first-order valence-corrected chi connectivity index (χ1v) is 6.71. The number of nitrogens with one attached hydrogen (secondary N) is 1. The van der Waals surface area contributed by atoms with Crippen molar-refractivity contribution in [2.75, 3.05) is 11.9 Å². The average molecular weight is 273 g/mol. The van der Waals surface area contributed by atoms with Gasteiger partial charge in [0.2, 0.25) is 5.91 Å². The first-order valence-electron chi connectivity index (χ1n) is 6.71. The third-order valence-corrected chi connectivity index (χ3v) is 2.92. The topological polar surface area (TPSA) is 56.1 Å². The number of carbonyl (C=O) groups excluding carboxylic acids is 1. The number of hydrogen-bond donors (Lipinski definition) is 1. The second-order valence-corrected chi connectivity index (χ2v) is 4.52. The standard InChI is InChI=1S/C15H19N3O2/c1-3-20-14-8-5-4-7-13(14)17-15(19)11-12(2)18-10-6-9-16-18/h4-10,12H,3,11H2,1-2H3,(H,17,19)/t12-/m0/s1. The molecule has 0 radical (unpaired) electrons. The molecule has 0 fully saturated rings. The summed E-state index contributed by atoms with van der Waals surface area (Å²) >= 11 is 0. The molecule has 1 aromatic heterocycles. The Labute approximate surface area is 118 Å². The summed E-state index contributed by atoms with van der Waals surface area (Å²) in [6, 6.07) is 9.29. The Hall–Kier alpha value is -2.30. The summed E-state index contributed by atoms with van der Waals surface area (Å²) in [5.74, 6) is 0.634. The first kappa shape index (κ1) is 14.1. The van der Waals surface area contributed by atoms with E-state index >= 15 is 0 Å². The van der Waals surface area contributed by atoms with Crippen LogP contribution < -0.4 is 10.1 Å². The van der Waals surface area contributed by atoms with E-state index < -0.39 is 0 Å². The van der Waals surface area contributed by atoms with Gasteiger partial charge in [-0.05, 0) is 32.0 Å². The normalized spacial score (nSPS) is 11.9. The van der Waals surface area contributed by atoms with Crippen molar-refractivity contribution < 1.29 is 9.53 Å². The SMILES string of the molecule is CCOc1ccccc1NC(=O)C[C@H](C)n1cccn1. The number of para-hydroxylation sites is 2. The summed E-state index contributed by atoms with van der Waals surface area (Å²) in [4.78, 5) is 12.1. The number of anilines is 1. The Morgan fingerprint density at radius 2 is 2.20 bits per heavy atom. The van der Waals surface area contributed by atoms with Crippen LogP contribution >= 0.6 is 0 Å². The van der Waals surface area contributed by atoms with Crippen LogP contribution in [0.1, 0.15) is 26.3 Å². The van der Waals surface area contributed by atoms with E-state index in [0.717, 1.165) is 0 Å². The van der Waals surface area contributed by atoms with Crippen molar-refractivity contribution in [3.63, 3.8) is 0 Å². The van der Waals surface area contributed by atoms with Gasteiger partial charge in [0.05, 0.1) is 18.3 Å². The van der Waals surface area contributed by atoms with Crippen LogP contribution in [0, 0.1) is 0 Å². The molecule has 0 aliphatic rings. The largest absolute Gasteiger partial charge is 0.492 e. The second-order valence-electron chi connectivity index (χ2n) is 4.52. The molecule has 0 saturated heterocycles. The van der Waals surface area contributed by atoms with E-state index in [2.05, 4.69) is 10.4 Å². The Kier molecular flexibility index (Phi) is 4.76. The van der Waals surface area contributed by atoms with Crippen molar-refractivity contribution >= 4 is 11.6 Å². The number of aromatic nitrogens is 2. The molecule has 0 saturated carbocycles. The minimum Gasteiger partial charge on any atom is -0.492 e. The smallest absolute Gasteiger partial charge is 0.226 e. The molecule has 0 spiro atoms. The predicted molar refractivity (Wildman–Crippen MR) is 77.8 cm³/mol. The third-order valence-electron chi connectivity index (χ3n) is 2.92. The fourth-order valence-corrected chi connectivity index (χ4v) is 1.96. The monoisotopic (exact) mass is 273 g/mol. The van der Waals surface area contributed by atoms with Crippen LogP contribution in [0.5, 0.6) is 5.75 Å². The second kappa shape index (κ2) is 6.75. The highest BCUT2D eigenvalue weighted by Crippen LogP contribution is 2.24. The van der Waals surface area contributed by atoms with E-state index in [1.54, 1.807) is 10.9 Å². The number of nitrogens with zero attached hydrogens (tertiary/aromatic N) is 2. The van der Waals surface area contributed by atoms with Gasteiger partial charge in [-0.3, -0.25) is 9.48 Å². The van der Waals surface area contributed by atoms with Gasteiger partial charge >= 0.3 is 0 Å². The van der Waals surface area contributed by atoms with Gasteiger partial charge in [-0.1, -0.05) is 12.1 Å². The van der Waals surface area contributed by atoms with Gasteiger partial charge in [-0.25, -0.2) is 0 Å².